The van der Waals surface area contributed by atoms with Crippen LogP contribution in [0.1, 0.15) is 32.1 Å². The molecular formula is C11H15FO. The number of hydrogen-bond acceptors (Lipinski definition) is 1. The first kappa shape index (κ1) is 8.79. The Balaban J connectivity index is 1.96. The molecule has 1 aliphatic heterocycles. The van der Waals surface area contributed by atoms with Gasteiger partial charge in [-0.1, -0.05) is 19.3 Å². The third-order valence-electron chi connectivity index (χ3n) is 2.90. The van der Waals surface area contributed by atoms with E-state index in [2.05, 4.69) is 0 Å². The molecule has 0 N–H and O–H groups in total. The highest BCUT2D eigenvalue weighted by atomic mass is 19.1. The zero-order valence-electron chi connectivity index (χ0n) is 7.71. The Hall–Kier alpha value is -0.790. The van der Waals surface area contributed by atoms with Crippen LogP contribution in [0, 0.1) is 5.92 Å². The minimum Gasteiger partial charge on any atom is -0.493 e. The van der Waals surface area contributed by atoms with Gasteiger partial charge in [0.25, 0.3) is 0 Å². The highest BCUT2D eigenvalue weighted by Gasteiger charge is 2.24. The van der Waals surface area contributed by atoms with Crippen molar-refractivity contribution < 1.29 is 9.13 Å². The van der Waals surface area contributed by atoms with Crippen LogP contribution in [0.5, 0.6) is 0 Å². The van der Waals surface area contributed by atoms with E-state index in [0.29, 0.717) is 5.92 Å². The van der Waals surface area contributed by atoms with Crippen molar-refractivity contribution in [1.29, 1.82) is 0 Å². The lowest BCUT2D eigenvalue weighted by Gasteiger charge is -2.28. The summed E-state index contributed by atoms with van der Waals surface area (Å²) in [5.41, 5.74) is 0. The number of rotatable bonds is 1. The summed E-state index contributed by atoms with van der Waals surface area (Å²) in [6.07, 6.45) is 10.7. The van der Waals surface area contributed by atoms with Crippen molar-refractivity contribution in [1.82, 2.24) is 0 Å². The molecule has 0 saturated heterocycles. The number of allylic oxidation sites excluding steroid dienone is 2. The van der Waals surface area contributed by atoms with Crippen LogP contribution in [0.4, 0.5) is 4.39 Å². The van der Waals surface area contributed by atoms with Crippen LogP contribution in [-0.2, 0) is 4.74 Å². The maximum absolute atomic E-state index is 12.9. The van der Waals surface area contributed by atoms with Gasteiger partial charge in [0.1, 0.15) is 11.9 Å². The van der Waals surface area contributed by atoms with Gasteiger partial charge >= 0.3 is 0 Å². The van der Waals surface area contributed by atoms with Gasteiger partial charge in [-0.15, -0.1) is 0 Å². The SMILES string of the molecule is FC1=CC(C2CCCCC2)OC=C1. The van der Waals surface area contributed by atoms with Gasteiger partial charge in [0.15, 0.2) is 0 Å². The van der Waals surface area contributed by atoms with E-state index in [9.17, 15) is 4.39 Å². The number of halogens is 1. The van der Waals surface area contributed by atoms with E-state index >= 15 is 0 Å². The molecule has 0 aromatic carbocycles. The van der Waals surface area contributed by atoms with Crippen LogP contribution >= 0.6 is 0 Å². The Morgan fingerprint density at radius 1 is 1.23 bits per heavy atom. The summed E-state index contributed by atoms with van der Waals surface area (Å²) < 4.78 is 18.3. The van der Waals surface area contributed by atoms with Crippen LogP contribution in [0.3, 0.4) is 0 Å². The van der Waals surface area contributed by atoms with Crippen LogP contribution in [0.25, 0.3) is 0 Å². The summed E-state index contributed by atoms with van der Waals surface area (Å²) in [7, 11) is 0. The largest absolute Gasteiger partial charge is 0.493 e. The molecular weight excluding hydrogens is 167 g/mol. The van der Waals surface area contributed by atoms with Crippen molar-refractivity contribution in [3.63, 3.8) is 0 Å². The van der Waals surface area contributed by atoms with Crippen molar-refractivity contribution in [2.45, 2.75) is 38.2 Å². The van der Waals surface area contributed by atoms with Gasteiger partial charge in [-0.25, -0.2) is 4.39 Å². The molecule has 0 amide bonds. The van der Waals surface area contributed by atoms with E-state index in [4.69, 9.17) is 4.74 Å². The first-order chi connectivity index (χ1) is 6.36. The third kappa shape index (κ3) is 2.11. The van der Waals surface area contributed by atoms with Crippen LogP contribution < -0.4 is 0 Å². The summed E-state index contributed by atoms with van der Waals surface area (Å²) >= 11 is 0. The molecule has 1 aliphatic carbocycles. The predicted octanol–water partition coefficient (Wildman–Crippen LogP) is 3.33. The first-order valence-corrected chi connectivity index (χ1v) is 5.05. The van der Waals surface area contributed by atoms with Gasteiger partial charge in [0, 0.05) is 6.08 Å². The molecule has 2 aliphatic rings. The standard InChI is InChI=1S/C11H15FO/c12-10-6-7-13-11(8-10)9-4-2-1-3-5-9/h6-9,11H,1-5H2. The average Bonchev–Trinajstić information content (AvgIpc) is 2.19. The Morgan fingerprint density at radius 2 is 2.00 bits per heavy atom. The lowest BCUT2D eigenvalue weighted by molar-refractivity contribution is 0.0982. The molecule has 1 saturated carbocycles. The highest BCUT2D eigenvalue weighted by molar-refractivity contribution is 5.15. The monoisotopic (exact) mass is 182 g/mol. The molecule has 72 valence electrons. The minimum absolute atomic E-state index is 0.00898. The zero-order chi connectivity index (χ0) is 9.10. The van der Waals surface area contributed by atoms with E-state index in [-0.39, 0.29) is 11.9 Å². The maximum Gasteiger partial charge on any atom is 0.125 e. The van der Waals surface area contributed by atoms with Crippen molar-refractivity contribution in [3.8, 4) is 0 Å². The summed E-state index contributed by atoms with van der Waals surface area (Å²) in [4.78, 5) is 0. The molecule has 0 bridgehead atoms. The molecule has 0 aromatic rings. The van der Waals surface area contributed by atoms with E-state index in [1.807, 2.05) is 0 Å². The molecule has 1 unspecified atom stereocenters. The lowest BCUT2D eigenvalue weighted by atomic mass is 9.85. The predicted molar refractivity (Wildman–Crippen MR) is 49.8 cm³/mol. The van der Waals surface area contributed by atoms with Crippen LogP contribution in [0.2, 0.25) is 0 Å². The van der Waals surface area contributed by atoms with E-state index < -0.39 is 0 Å². The van der Waals surface area contributed by atoms with Gasteiger partial charge in [-0.3, -0.25) is 0 Å². The third-order valence-corrected chi connectivity index (χ3v) is 2.90. The summed E-state index contributed by atoms with van der Waals surface area (Å²) in [6, 6.07) is 0. The number of hydrogen-bond donors (Lipinski definition) is 0. The van der Waals surface area contributed by atoms with Crippen LogP contribution in [-0.4, -0.2) is 6.10 Å². The summed E-state index contributed by atoms with van der Waals surface area (Å²) in [5, 5.41) is 0. The fourth-order valence-corrected chi connectivity index (χ4v) is 2.16. The maximum atomic E-state index is 12.9. The molecule has 0 radical (unpaired) electrons. The Labute approximate surface area is 78.3 Å². The molecule has 1 atom stereocenters. The van der Waals surface area contributed by atoms with E-state index in [1.54, 1.807) is 6.08 Å². The first-order valence-electron chi connectivity index (χ1n) is 5.05. The van der Waals surface area contributed by atoms with Gasteiger partial charge < -0.3 is 4.74 Å². The van der Waals surface area contributed by atoms with Crippen molar-refractivity contribution in [3.05, 3.63) is 24.2 Å². The van der Waals surface area contributed by atoms with E-state index in [1.165, 1.54) is 44.4 Å². The van der Waals surface area contributed by atoms with Gasteiger partial charge in [-0.2, -0.15) is 0 Å². The molecule has 2 heteroatoms. The zero-order valence-corrected chi connectivity index (χ0v) is 7.71. The Kier molecular flexibility index (Phi) is 2.67. The van der Waals surface area contributed by atoms with Crippen LogP contribution in [0.15, 0.2) is 24.2 Å². The topological polar surface area (TPSA) is 9.23 Å². The molecule has 0 aromatic heterocycles. The Bertz CT molecular complexity index is 226. The van der Waals surface area contributed by atoms with Crippen molar-refractivity contribution in [2.75, 3.05) is 0 Å². The molecule has 1 heterocycles. The highest BCUT2D eigenvalue weighted by Crippen LogP contribution is 2.30. The lowest BCUT2D eigenvalue weighted by Crippen LogP contribution is -2.24. The fraction of sp³-hybridized carbons (Fsp3) is 0.636. The summed E-state index contributed by atoms with van der Waals surface area (Å²) in [6.45, 7) is 0. The van der Waals surface area contributed by atoms with E-state index in [0.717, 1.165) is 0 Å². The summed E-state index contributed by atoms with van der Waals surface area (Å²) in [5.74, 6) is 0.381. The molecule has 1 fully saturated rings. The van der Waals surface area contributed by atoms with Crippen molar-refractivity contribution in [2.24, 2.45) is 5.92 Å². The molecule has 0 spiro atoms. The van der Waals surface area contributed by atoms with Gasteiger partial charge in [0.2, 0.25) is 0 Å². The Morgan fingerprint density at radius 3 is 2.69 bits per heavy atom. The molecule has 2 rings (SSSR count). The molecule has 1 nitrogen and oxygen atoms in total. The quantitative estimate of drug-likeness (QED) is 0.604. The fourth-order valence-electron chi connectivity index (χ4n) is 2.16. The van der Waals surface area contributed by atoms with Gasteiger partial charge in [0.05, 0.1) is 6.26 Å². The average molecular weight is 182 g/mol. The minimum atomic E-state index is -0.151. The van der Waals surface area contributed by atoms with Gasteiger partial charge in [-0.05, 0) is 24.8 Å². The smallest absolute Gasteiger partial charge is 0.125 e. The van der Waals surface area contributed by atoms with Crippen molar-refractivity contribution >= 4 is 0 Å². The second-order valence-electron chi connectivity index (χ2n) is 3.85. The molecule has 13 heavy (non-hydrogen) atoms. The second kappa shape index (κ2) is 3.95. The number of ether oxygens (including phenoxy) is 1. The second-order valence-corrected chi connectivity index (χ2v) is 3.85. The normalized spacial score (nSPS) is 29.6.